The summed E-state index contributed by atoms with van der Waals surface area (Å²) >= 11 is 1.41. The zero-order chi connectivity index (χ0) is 22.3. The van der Waals surface area contributed by atoms with Gasteiger partial charge in [-0.3, -0.25) is 14.4 Å². The number of hydrogen-bond acceptors (Lipinski definition) is 5. The van der Waals surface area contributed by atoms with Crippen LogP contribution >= 0.6 is 11.8 Å². The molecule has 2 aromatic carbocycles. The number of benzene rings is 2. The number of anilines is 1. The second kappa shape index (κ2) is 10.7. The number of para-hydroxylation sites is 1. The lowest BCUT2D eigenvalue weighted by Crippen LogP contribution is -2.33. The van der Waals surface area contributed by atoms with E-state index in [2.05, 4.69) is 22.8 Å². The van der Waals surface area contributed by atoms with Crippen LogP contribution in [-0.4, -0.2) is 36.2 Å². The van der Waals surface area contributed by atoms with Crippen molar-refractivity contribution in [2.45, 2.75) is 55.9 Å². The lowest BCUT2D eigenvalue weighted by atomic mass is 10.1. The number of carbonyl (C=O) groups is 3. The molecule has 168 valence electrons. The van der Waals surface area contributed by atoms with Crippen molar-refractivity contribution >= 4 is 35.2 Å². The van der Waals surface area contributed by atoms with Crippen molar-refractivity contribution in [1.82, 2.24) is 5.32 Å². The number of aryl methyl sites for hydroxylation is 2. The second-order valence-electron chi connectivity index (χ2n) is 8.28. The molecule has 2 amide bonds. The molecule has 2 N–H and O–H groups in total. The molecule has 2 aliphatic rings. The lowest BCUT2D eigenvalue weighted by molar-refractivity contribution is -0.144. The summed E-state index contributed by atoms with van der Waals surface area (Å²) in [6.07, 6.45) is 7.63. The van der Waals surface area contributed by atoms with Gasteiger partial charge in [0.25, 0.3) is 11.8 Å². The number of hydrogen-bond donors (Lipinski definition) is 2. The average molecular weight is 453 g/mol. The van der Waals surface area contributed by atoms with Crippen LogP contribution in [0.4, 0.5) is 5.69 Å². The van der Waals surface area contributed by atoms with Crippen LogP contribution in [0.3, 0.4) is 0 Å². The molecule has 0 heterocycles. The fraction of sp³-hybridized carbons (Fsp3) is 0.400. The van der Waals surface area contributed by atoms with E-state index in [0.717, 1.165) is 43.4 Å². The summed E-state index contributed by atoms with van der Waals surface area (Å²) in [4.78, 5) is 38.0. The maximum Gasteiger partial charge on any atom is 0.316 e. The number of thioether (sulfide) groups is 1. The fourth-order valence-corrected chi connectivity index (χ4v) is 5.04. The topological polar surface area (TPSA) is 84.5 Å². The van der Waals surface area contributed by atoms with E-state index >= 15 is 0 Å². The van der Waals surface area contributed by atoms with E-state index in [1.807, 2.05) is 6.07 Å². The molecular weight excluding hydrogens is 424 g/mol. The molecular formula is C25H28N2O4S. The van der Waals surface area contributed by atoms with Gasteiger partial charge in [-0.15, -0.1) is 11.8 Å². The van der Waals surface area contributed by atoms with Crippen molar-refractivity contribution in [1.29, 1.82) is 0 Å². The van der Waals surface area contributed by atoms with Crippen LogP contribution < -0.4 is 10.6 Å². The predicted molar refractivity (Wildman–Crippen MR) is 125 cm³/mol. The standard InChI is InChI=1S/C25H28N2O4S/c28-23(15-31-24(29)16-32-20-13-12-17-6-5-7-18(17)14-20)27-22-11-4-3-10-21(22)25(30)26-19-8-1-2-9-19/h3-4,10-14,19H,1-2,5-9,15-16H2,(H,26,30)(H,27,28). The molecule has 0 aromatic heterocycles. The minimum atomic E-state index is -0.470. The van der Waals surface area contributed by atoms with Crippen LogP contribution in [-0.2, 0) is 27.2 Å². The summed E-state index contributed by atoms with van der Waals surface area (Å²) in [6.45, 7) is -0.387. The molecule has 32 heavy (non-hydrogen) atoms. The minimum absolute atomic E-state index is 0.145. The van der Waals surface area contributed by atoms with Crippen LogP contribution in [0.1, 0.15) is 53.6 Å². The molecule has 1 fully saturated rings. The van der Waals surface area contributed by atoms with Gasteiger partial charge in [-0.25, -0.2) is 0 Å². The first kappa shape index (κ1) is 22.4. The molecule has 0 unspecified atom stereocenters. The Balaban J connectivity index is 1.24. The highest BCUT2D eigenvalue weighted by Gasteiger charge is 2.20. The highest BCUT2D eigenvalue weighted by atomic mass is 32.2. The third-order valence-corrected chi connectivity index (χ3v) is 6.89. The monoisotopic (exact) mass is 452 g/mol. The number of esters is 1. The first-order valence-corrected chi connectivity index (χ1v) is 12.2. The van der Waals surface area contributed by atoms with Crippen molar-refractivity contribution in [3.8, 4) is 0 Å². The van der Waals surface area contributed by atoms with E-state index < -0.39 is 11.9 Å². The smallest absolute Gasteiger partial charge is 0.316 e. The Hall–Kier alpha value is -2.80. The second-order valence-corrected chi connectivity index (χ2v) is 9.33. The van der Waals surface area contributed by atoms with Crippen molar-refractivity contribution in [2.75, 3.05) is 17.7 Å². The molecule has 0 aliphatic heterocycles. The summed E-state index contributed by atoms with van der Waals surface area (Å²) in [5, 5.41) is 5.72. The van der Waals surface area contributed by atoms with Crippen molar-refractivity contribution in [2.24, 2.45) is 0 Å². The van der Waals surface area contributed by atoms with E-state index in [4.69, 9.17) is 4.74 Å². The maximum atomic E-state index is 12.6. The Labute approximate surface area is 192 Å². The zero-order valence-electron chi connectivity index (χ0n) is 18.0. The van der Waals surface area contributed by atoms with E-state index in [1.54, 1.807) is 24.3 Å². The minimum Gasteiger partial charge on any atom is -0.455 e. The average Bonchev–Trinajstić information content (AvgIpc) is 3.48. The van der Waals surface area contributed by atoms with Gasteiger partial charge in [0.05, 0.1) is 17.0 Å². The van der Waals surface area contributed by atoms with Gasteiger partial charge in [-0.2, -0.15) is 0 Å². The van der Waals surface area contributed by atoms with E-state index in [-0.39, 0.29) is 24.3 Å². The predicted octanol–water partition coefficient (Wildman–Crippen LogP) is 4.12. The normalized spacial score (nSPS) is 15.2. The molecule has 6 nitrogen and oxygen atoms in total. The van der Waals surface area contributed by atoms with Gasteiger partial charge in [0.1, 0.15) is 0 Å². The molecule has 0 saturated heterocycles. The molecule has 1 saturated carbocycles. The van der Waals surface area contributed by atoms with Crippen LogP contribution in [0, 0.1) is 0 Å². The number of ether oxygens (including phenoxy) is 1. The summed E-state index contributed by atoms with van der Waals surface area (Å²) in [7, 11) is 0. The Morgan fingerprint density at radius 2 is 1.75 bits per heavy atom. The highest BCUT2D eigenvalue weighted by molar-refractivity contribution is 8.00. The molecule has 0 atom stereocenters. The van der Waals surface area contributed by atoms with Crippen LogP contribution in [0.25, 0.3) is 0 Å². The van der Waals surface area contributed by atoms with Gasteiger partial charge in [0, 0.05) is 10.9 Å². The zero-order valence-corrected chi connectivity index (χ0v) is 18.8. The molecule has 0 spiro atoms. The summed E-state index contributed by atoms with van der Waals surface area (Å²) in [5.41, 5.74) is 3.58. The number of fused-ring (bicyclic) bond motifs is 1. The Kier molecular flexibility index (Phi) is 7.47. The first-order chi connectivity index (χ1) is 15.6. The van der Waals surface area contributed by atoms with Gasteiger partial charge in [-0.05, 0) is 67.5 Å². The van der Waals surface area contributed by atoms with Gasteiger partial charge >= 0.3 is 5.97 Å². The van der Waals surface area contributed by atoms with Gasteiger partial charge in [0.2, 0.25) is 0 Å². The van der Waals surface area contributed by atoms with Gasteiger partial charge in [0.15, 0.2) is 6.61 Å². The summed E-state index contributed by atoms with van der Waals surface area (Å²) in [6, 6.07) is 13.4. The maximum absolute atomic E-state index is 12.6. The molecule has 0 radical (unpaired) electrons. The summed E-state index contributed by atoms with van der Waals surface area (Å²) < 4.78 is 5.13. The van der Waals surface area contributed by atoms with Crippen LogP contribution in [0.2, 0.25) is 0 Å². The Bertz CT molecular complexity index is 1000. The Morgan fingerprint density at radius 3 is 2.59 bits per heavy atom. The van der Waals surface area contributed by atoms with E-state index in [0.29, 0.717) is 11.3 Å². The first-order valence-electron chi connectivity index (χ1n) is 11.2. The van der Waals surface area contributed by atoms with Gasteiger partial charge in [-0.1, -0.05) is 31.0 Å². The van der Waals surface area contributed by atoms with Gasteiger partial charge < -0.3 is 15.4 Å². The summed E-state index contributed by atoms with van der Waals surface area (Å²) in [5.74, 6) is -0.970. The van der Waals surface area contributed by atoms with E-state index in [1.165, 1.54) is 29.3 Å². The van der Waals surface area contributed by atoms with Crippen LogP contribution in [0.5, 0.6) is 0 Å². The van der Waals surface area contributed by atoms with Crippen molar-refractivity contribution in [3.63, 3.8) is 0 Å². The Morgan fingerprint density at radius 1 is 0.969 bits per heavy atom. The quantitative estimate of drug-likeness (QED) is 0.465. The SMILES string of the molecule is O=C(COC(=O)CSc1ccc2c(c1)CCC2)Nc1ccccc1C(=O)NC1CCCC1. The van der Waals surface area contributed by atoms with E-state index in [9.17, 15) is 14.4 Å². The number of carbonyl (C=O) groups excluding carboxylic acids is 3. The number of nitrogens with one attached hydrogen (secondary N) is 2. The molecule has 0 bridgehead atoms. The molecule has 4 rings (SSSR count). The van der Waals surface area contributed by atoms with Crippen LogP contribution in [0.15, 0.2) is 47.4 Å². The van der Waals surface area contributed by atoms with Crippen molar-refractivity contribution < 1.29 is 19.1 Å². The molecule has 7 heteroatoms. The highest BCUT2D eigenvalue weighted by Crippen LogP contribution is 2.27. The largest absolute Gasteiger partial charge is 0.455 e. The van der Waals surface area contributed by atoms with Crippen molar-refractivity contribution in [3.05, 3.63) is 59.2 Å². The molecule has 2 aliphatic carbocycles. The number of amides is 2. The third kappa shape index (κ3) is 5.91. The fourth-order valence-electron chi connectivity index (χ4n) is 4.28. The number of rotatable bonds is 8. The third-order valence-electron chi connectivity index (χ3n) is 5.93. The lowest BCUT2D eigenvalue weighted by Gasteiger charge is -2.15. The molecule has 2 aromatic rings.